The number of nitrogens with zero attached hydrogens (tertiary/aromatic N) is 3. The van der Waals surface area contributed by atoms with Gasteiger partial charge in [0.25, 0.3) is 0 Å². The van der Waals surface area contributed by atoms with Crippen molar-refractivity contribution in [2.24, 2.45) is 7.05 Å². The Morgan fingerprint density at radius 3 is 2.15 bits per heavy atom. The fourth-order valence-corrected chi connectivity index (χ4v) is 2.83. The highest BCUT2D eigenvalue weighted by Gasteiger charge is 2.16. The molecule has 0 aliphatic carbocycles. The van der Waals surface area contributed by atoms with Crippen LogP contribution in [0.5, 0.6) is 0 Å². The molecule has 1 N–H and O–H groups in total. The summed E-state index contributed by atoms with van der Waals surface area (Å²) in [5.41, 5.74) is 2.04. The van der Waals surface area contributed by atoms with Crippen molar-refractivity contribution in [2.75, 3.05) is 13.2 Å². The van der Waals surface area contributed by atoms with E-state index in [0.29, 0.717) is 13.0 Å². The molecule has 0 bridgehead atoms. The fourth-order valence-electron chi connectivity index (χ4n) is 2.83. The molecule has 0 aliphatic rings. The molecule has 3 aromatic rings. The second-order valence-corrected chi connectivity index (χ2v) is 6.33. The third-order valence-corrected chi connectivity index (χ3v) is 4.44. The summed E-state index contributed by atoms with van der Waals surface area (Å²) >= 11 is 0. The van der Waals surface area contributed by atoms with E-state index < -0.39 is 0 Å². The van der Waals surface area contributed by atoms with Crippen molar-refractivity contribution in [3.8, 4) is 0 Å². The van der Waals surface area contributed by atoms with Crippen molar-refractivity contribution < 1.29 is 9.53 Å². The smallest absolute Gasteiger partial charge is 0.246 e. The molecule has 0 aliphatic heterocycles. The van der Waals surface area contributed by atoms with Gasteiger partial charge in [0.2, 0.25) is 5.91 Å². The lowest BCUT2D eigenvalue weighted by molar-refractivity contribution is -0.127. The van der Waals surface area contributed by atoms with Gasteiger partial charge in [0, 0.05) is 20.0 Å². The number of carbonyl (C=O) groups excluding carboxylic acids is 1. The number of aromatic nitrogens is 3. The number of benzene rings is 2. The Bertz CT molecular complexity index is 823. The van der Waals surface area contributed by atoms with Crippen LogP contribution in [-0.4, -0.2) is 33.8 Å². The van der Waals surface area contributed by atoms with Gasteiger partial charge in [-0.05, 0) is 18.1 Å². The molecule has 6 heteroatoms. The average Bonchev–Trinajstić information content (AvgIpc) is 3.02. The summed E-state index contributed by atoms with van der Waals surface area (Å²) in [7, 11) is 1.92. The minimum Gasteiger partial charge on any atom is -0.359 e. The molecule has 0 radical (unpaired) electrons. The summed E-state index contributed by atoms with van der Waals surface area (Å²) < 4.78 is 7.88. The first-order valence-electron chi connectivity index (χ1n) is 8.98. The Balaban J connectivity index is 1.55. The highest BCUT2D eigenvalue weighted by molar-refractivity contribution is 5.77. The minimum absolute atomic E-state index is 0.00764. The number of hydrogen-bond donors (Lipinski definition) is 1. The first kappa shape index (κ1) is 18.8. The second kappa shape index (κ2) is 9.09. The highest BCUT2D eigenvalue weighted by atomic mass is 16.5. The van der Waals surface area contributed by atoms with Gasteiger partial charge < -0.3 is 14.6 Å². The Morgan fingerprint density at radius 2 is 1.63 bits per heavy atom. The van der Waals surface area contributed by atoms with E-state index >= 15 is 0 Å². The van der Waals surface area contributed by atoms with Crippen molar-refractivity contribution in [3.63, 3.8) is 0 Å². The molecule has 1 aromatic heterocycles. The van der Waals surface area contributed by atoms with Gasteiger partial charge in [-0.25, -0.2) is 0 Å². The van der Waals surface area contributed by atoms with E-state index in [1.54, 1.807) is 0 Å². The molecule has 27 heavy (non-hydrogen) atoms. The van der Waals surface area contributed by atoms with Crippen LogP contribution >= 0.6 is 0 Å². The molecular formula is C21H24N4O2. The van der Waals surface area contributed by atoms with Gasteiger partial charge >= 0.3 is 0 Å². The Hall–Kier alpha value is -2.99. The van der Waals surface area contributed by atoms with E-state index in [-0.39, 0.29) is 18.6 Å². The lowest BCUT2D eigenvalue weighted by Crippen LogP contribution is -2.30. The maximum Gasteiger partial charge on any atom is 0.246 e. The zero-order valence-electron chi connectivity index (χ0n) is 15.6. The normalized spacial score (nSPS) is 10.9. The maximum absolute atomic E-state index is 12.2. The molecule has 140 valence electrons. The van der Waals surface area contributed by atoms with Gasteiger partial charge in [0.15, 0.2) is 0 Å². The van der Waals surface area contributed by atoms with Crippen LogP contribution in [0.1, 0.15) is 28.9 Å². The van der Waals surface area contributed by atoms with Crippen LogP contribution in [0.3, 0.4) is 0 Å². The molecule has 2 aromatic carbocycles. The molecular weight excluding hydrogens is 340 g/mol. The van der Waals surface area contributed by atoms with Crippen LogP contribution in [0.4, 0.5) is 0 Å². The van der Waals surface area contributed by atoms with E-state index in [1.165, 1.54) is 0 Å². The predicted octanol–water partition coefficient (Wildman–Crippen LogP) is 2.59. The monoisotopic (exact) mass is 364 g/mol. The van der Waals surface area contributed by atoms with Gasteiger partial charge in [-0.3, -0.25) is 4.79 Å². The predicted molar refractivity (Wildman–Crippen MR) is 103 cm³/mol. The lowest BCUT2D eigenvalue weighted by atomic mass is 10.0. The summed E-state index contributed by atoms with van der Waals surface area (Å²) in [5, 5.41) is 11.0. The topological polar surface area (TPSA) is 69.0 Å². The van der Waals surface area contributed by atoms with Crippen LogP contribution in [-0.2, 0) is 23.0 Å². The van der Waals surface area contributed by atoms with Crippen molar-refractivity contribution in [3.05, 3.63) is 83.4 Å². The number of hydrogen-bond acceptors (Lipinski definition) is 4. The molecule has 0 unspecified atom stereocenters. The maximum atomic E-state index is 12.2. The molecule has 0 fully saturated rings. The van der Waals surface area contributed by atoms with Gasteiger partial charge in [-0.1, -0.05) is 60.7 Å². The van der Waals surface area contributed by atoms with Crippen molar-refractivity contribution in [2.45, 2.75) is 19.4 Å². The van der Waals surface area contributed by atoms with Gasteiger partial charge in [-0.2, -0.15) is 0 Å². The number of ether oxygens (including phenoxy) is 1. The second-order valence-electron chi connectivity index (χ2n) is 6.33. The van der Waals surface area contributed by atoms with Crippen molar-refractivity contribution in [1.82, 2.24) is 20.1 Å². The Labute approximate surface area is 159 Å². The summed E-state index contributed by atoms with van der Waals surface area (Å²) in [6.07, 6.45) is 0.351. The van der Waals surface area contributed by atoms with E-state index in [2.05, 4.69) is 15.5 Å². The molecule has 6 nitrogen and oxygen atoms in total. The molecule has 1 amide bonds. The van der Waals surface area contributed by atoms with Crippen LogP contribution in [0.15, 0.2) is 60.7 Å². The molecule has 0 atom stereocenters. The van der Waals surface area contributed by atoms with Crippen molar-refractivity contribution >= 4 is 5.91 Å². The van der Waals surface area contributed by atoms with Gasteiger partial charge in [0.1, 0.15) is 24.4 Å². The van der Waals surface area contributed by atoms with Crippen LogP contribution < -0.4 is 5.32 Å². The largest absolute Gasteiger partial charge is 0.359 e. The number of rotatable bonds is 8. The summed E-state index contributed by atoms with van der Waals surface area (Å²) in [6.45, 7) is 2.39. The van der Waals surface area contributed by atoms with E-state index in [9.17, 15) is 4.79 Å². The quantitative estimate of drug-likeness (QED) is 0.667. The first-order chi connectivity index (χ1) is 13.1. The molecule has 1 heterocycles. The standard InChI is InChI=1S/C21H24N4O2/c1-16-23-24-19(25(16)2)13-14-22-20(26)15-27-21(17-9-5-3-6-10-17)18-11-7-4-8-12-18/h3-12,21H,13-15H2,1-2H3,(H,22,26). The molecule has 0 spiro atoms. The third kappa shape index (κ3) is 5.01. The number of nitrogens with one attached hydrogen (secondary N) is 1. The zero-order chi connectivity index (χ0) is 19.1. The van der Waals surface area contributed by atoms with Crippen LogP contribution in [0.2, 0.25) is 0 Å². The third-order valence-electron chi connectivity index (χ3n) is 4.44. The summed E-state index contributed by atoms with van der Waals surface area (Å²) in [5.74, 6) is 1.55. The van der Waals surface area contributed by atoms with Gasteiger partial charge in [0.05, 0.1) is 0 Å². The zero-order valence-corrected chi connectivity index (χ0v) is 15.6. The summed E-state index contributed by atoms with van der Waals surface area (Å²) in [4.78, 5) is 12.2. The van der Waals surface area contributed by atoms with Crippen LogP contribution in [0.25, 0.3) is 0 Å². The Kier molecular flexibility index (Phi) is 6.33. The highest BCUT2D eigenvalue weighted by Crippen LogP contribution is 2.25. The first-order valence-corrected chi connectivity index (χ1v) is 8.98. The minimum atomic E-state index is -0.278. The SMILES string of the molecule is Cc1nnc(CCNC(=O)COC(c2ccccc2)c2ccccc2)n1C. The number of carbonyl (C=O) groups is 1. The van der Waals surface area contributed by atoms with E-state index in [1.807, 2.05) is 79.2 Å². The Morgan fingerprint density at radius 1 is 1.04 bits per heavy atom. The fraction of sp³-hybridized carbons (Fsp3) is 0.286. The lowest BCUT2D eigenvalue weighted by Gasteiger charge is -2.18. The average molecular weight is 364 g/mol. The van der Waals surface area contributed by atoms with Crippen LogP contribution in [0, 0.1) is 6.92 Å². The molecule has 3 rings (SSSR count). The van der Waals surface area contributed by atoms with Gasteiger partial charge in [-0.15, -0.1) is 10.2 Å². The number of aryl methyl sites for hydroxylation is 1. The van der Waals surface area contributed by atoms with Crippen molar-refractivity contribution in [1.29, 1.82) is 0 Å². The van der Waals surface area contributed by atoms with E-state index in [4.69, 9.17) is 4.74 Å². The molecule has 0 saturated heterocycles. The summed E-state index contributed by atoms with van der Waals surface area (Å²) in [6, 6.07) is 19.8. The van der Waals surface area contributed by atoms with E-state index in [0.717, 1.165) is 22.8 Å². The number of amides is 1. The molecule has 0 saturated carbocycles.